The van der Waals surface area contributed by atoms with Crippen molar-refractivity contribution < 1.29 is 0 Å². The summed E-state index contributed by atoms with van der Waals surface area (Å²) in [4.78, 5) is 0. The minimum absolute atomic E-state index is 1.18. The third kappa shape index (κ3) is 9.10. The third-order valence-corrected chi connectivity index (χ3v) is 5.37. The van der Waals surface area contributed by atoms with Gasteiger partial charge in [0, 0.05) is 0 Å². The number of hydrogen-bond donors (Lipinski definition) is 0. The Morgan fingerprint density at radius 3 is 1.84 bits per heavy atom. The van der Waals surface area contributed by atoms with E-state index in [0.29, 0.717) is 0 Å². The Labute approximate surface area is 156 Å². The fourth-order valence-corrected chi connectivity index (χ4v) is 3.65. The summed E-state index contributed by atoms with van der Waals surface area (Å²) >= 11 is 0. The Hall–Kier alpha value is -1.30. The normalized spacial score (nSPS) is 13.9. The third-order valence-electron chi connectivity index (χ3n) is 5.37. The molecule has 1 aromatic carbocycles. The molecule has 0 radical (unpaired) electrons. The van der Waals surface area contributed by atoms with Gasteiger partial charge in [-0.05, 0) is 49.7 Å². The van der Waals surface area contributed by atoms with Crippen LogP contribution in [-0.4, -0.2) is 0 Å². The molecule has 138 valence electrons. The highest BCUT2D eigenvalue weighted by atomic mass is 14.1. The summed E-state index contributed by atoms with van der Waals surface area (Å²) in [7, 11) is 0. The van der Waals surface area contributed by atoms with Crippen LogP contribution in [0.25, 0.3) is 0 Å². The first-order valence-corrected chi connectivity index (χ1v) is 10.8. The van der Waals surface area contributed by atoms with Crippen LogP contribution in [-0.2, 0) is 12.8 Å². The minimum atomic E-state index is 1.18. The summed E-state index contributed by atoms with van der Waals surface area (Å²) in [5.74, 6) is 0. The maximum absolute atomic E-state index is 2.40. The Balaban J connectivity index is 1.53. The number of hydrogen-bond acceptors (Lipinski definition) is 0. The molecule has 0 nitrogen and oxygen atoms in total. The summed E-state index contributed by atoms with van der Waals surface area (Å²) in [5, 5.41) is 0. The second-order valence-corrected chi connectivity index (χ2v) is 7.65. The van der Waals surface area contributed by atoms with Crippen LogP contribution < -0.4 is 0 Å². The van der Waals surface area contributed by atoms with Gasteiger partial charge in [0.15, 0.2) is 0 Å². The standard InChI is InChI=1S/C25H38/c1-2-3-4-5-6-7-8-9-11-16-24-18-21-25(22-19-24)20-17-23-14-12-10-13-15-23/h12,14-15,18-19,21-22H,2-11,13,16-17,20H2,1H3. The molecule has 0 aliphatic heterocycles. The molecule has 1 aliphatic rings. The van der Waals surface area contributed by atoms with Gasteiger partial charge in [0.2, 0.25) is 0 Å². The highest BCUT2D eigenvalue weighted by Crippen LogP contribution is 2.17. The van der Waals surface area contributed by atoms with E-state index in [1.807, 2.05) is 0 Å². The zero-order valence-corrected chi connectivity index (χ0v) is 16.4. The molecule has 0 amide bonds. The molecule has 1 aliphatic carbocycles. The van der Waals surface area contributed by atoms with Gasteiger partial charge in [-0.25, -0.2) is 0 Å². The second kappa shape index (κ2) is 13.0. The van der Waals surface area contributed by atoms with Crippen molar-refractivity contribution in [2.75, 3.05) is 0 Å². The average molecular weight is 339 g/mol. The molecule has 1 aromatic rings. The van der Waals surface area contributed by atoms with Crippen LogP contribution in [0.2, 0.25) is 0 Å². The lowest BCUT2D eigenvalue weighted by Gasteiger charge is -2.08. The van der Waals surface area contributed by atoms with Crippen molar-refractivity contribution in [2.45, 2.75) is 96.8 Å². The molecule has 0 heterocycles. The van der Waals surface area contributed by atoms with Gasteiger partial charge < -0.3 is 0 Å². The van der Waals surface area contributed by atoms with E-state index in [1.165, 1.54) is 107 Å². The van der Waals surface area contributed by atoms with Gasteiger partial charge in [-0.1, -0.05) is 106 Å². The molecule has 0 saturated heterocycles. The SMILES string of the molecule is CCCCCCCCCCCc1ccc(CCC2=CCCC=C2)cc1. The molecule has 0 atom stereocenters. The van der Waals surface area contributed by atoms with Crippen molar-refractivity contribution in [2.24, 2.45) is 0 Å². The van der Waals surface area contributed by atoms with Crippen molar-refractivity contribution in [3.8, 4) is 0 Å². The minimum Gasteiger partial charge on any atom is -0.0840 e. The second-order valence-electron chi connectivity index (χ2n) is 7.65. The van der Waals surface area contributed by atoms with Crippen LogP contribution in [0.3, 0.4) is 0 Å². The predicted octanol–water partition coefficient (Wildman–Crippen LogP) is 7.97. The molecule has 0 N–H and O–H groups in total. The monoisotopic (exact) mass is 338 g/mol. The van der Waals surface area contributed by atoms with E-state index in [9.17, 15) is 0 Å². The predicted molar refractivity (Wildman–Crippen MR) is 112 cm³/mol. The molecule has 0 fully saturated rings. The molecule has 0 spiro atoms. The van der Waals surface area contributed by atoms with Crippen LogP contribution >= 0.6 is 0 Å². The summed E-state index contributed by atoms with van der Waals surface area (Å²) in [6.45, 7) is 2.29. The summed E-state index contributed by atoms with van der Waals surface area (Å²) in [6.07, 6.45) is 25.8. The Kier molecular flexibility index (Phi) is 10.4. The Morgan fingerprint density at radius 2 is 1.24 bits per heavy atom. The van der Waals surface area contributed by atoms with E-state index in [2.05, 4.69) is 49.4 Å². The average Bonchev–Trinajstić information content (AvgIpc) is 2.67. The summed E-state index contributed by atoms with van der Waals surface area (Å²) in [6, 6.07) is 9.39. The van der Waals surface area contributed by atoms with E-state index in [-0.39, 0.29) is 0 Å². The lowest BCUT2D eigenvalue weighted by Crippen LogP contribution is -1.92. The van der Waals surface area contributed by atoms with Gasteiger partial charge in [-0.3, -0.25) is 0 Å². The van der Waals surface area contributed by atoms with Crippen molar-refractivity contribution in [1.29, 1.82) is 0 Å². The topological polar surface area (TPSA) is 0 Å². The first-order valence-electron chi connectivity index (χ1n) is 10.8. The maximum Gasteiger partial charge on any atom is -0.0238 e. The fraction of sp³-hybridized carbons (Fsp3) is 0.600. The lowest BCUT2D eigenvalue weighted by molar-refractivity contribution is 0.565. The molecule has 0 aromatic heterocycles. The Morgan fingerprint density at radius 1 is 0.640 bits per heavy atom. The van der Waals surface area contributed by atoms with Gasteiger partial charge >= 0.3 is 0 Å². The molecule has 25 heavy (non-hydrogen) atoms. The number of rotatable bonds is 13. The van der Waals surface area contributed by atoms with Gasteiger partial charge in [-0.2, -0.15) is 0 Å². The van der Waals surface area contributed by atoms with Crippen LogP contribution in [0.1, 0.15) is 95.1 Å². The molecular weight excluding hydrogens is 300 g/mol. The Bertz CT molecular complexity index is 503. The number of aryl methyl sites for hydroxylation is 2. The van der Waals surface area contributed by atoms with Crippen molar-refractivity contribution in [1.82, 2.24) is 0 Å². The van der Waals surface area contributed by atoms with E-state index in [4.69, 9.17) is 0 Å². The van der Waals surface area contributed by atoms with Gasteiger partial charge in [0.05, 0.1) is 0 Å². The van der Waals surface area contributed by atoms with Crippen LogP contribution in [0.15, 0.2) is 48.1 Å². The molecular formula is C25H38. The first-order chi connectivity index (χ1) is 12.4. The van der Waals surface area contributed by atoms with Gasteiger partial charge in [0.1, 0.15) is 0 Å². The molecule has 0 saturated carbocycles. The number of allylic oxidation sites excluding steroid dienone is 4. The highest BCUT2D eigenvalue weighted by Gasteiger charge is 2.00. The molecule has 0 unspecified atom stereocenters. The van der Waals surface area contributed by atoms with E-state index in [0.717, 1.165) is 0 Å². The van der Waals surface area contributed by atoms with Gasteiger partial charge in [-0.15, -0.1) is 0 Å². The van der Waals surface area contributed by atoms with Crippen LogP contribution in [0.5, 0.6) is 0 Å². The fourth-order valence-electron chi connectivity index (χ4n) is 3.65. The molecule has 0 bridgehead atoms. The van der Waals surface area contributed by atoms with Crippen molar-refractivity contribution >= 4 is 0 Å². The number of unbranched alkanes of at least 4 members (excludes halogenated alkanes) is 8. The van der Waals surface area contributed by atoms with E-state index >= 15 is 0 Å². The first kappa shape index (κ1) is 20.0. The zero-order valence-electron chi connectivity index (χ0n) is 16.4. The zero-order chi connectivity index (χ0) is 17.6. The maximum atomic E-state index is 2.40. The molecule has 2 rings (SSSR count). The molecule has 0 heteroatoms. The quantitative estimate of drug-likeness (QED) is 0.320. The van der Waals surface area contributed by atoms with Crippen molar-refractivity contribution in [3.05, 3.63) is 59.2 Å². The van der Waals surface area contributed by atoms with E-state index in [1.54, 1.807) is 0 Å². The summed E-state index contributed by atoms with van der Waals surface area (Å²) < 4.78 is 0. The van der Waals surface area contributed by atoms with Crippen LogP contribution in [0, 0.1) is 0 Å². The smallest absolute Gasteiger partial charge is 0.0238 e. The summed E-state index contributed by atoms with van der Waals surface area (Å²) in [5.41, 5.74) is 4.52. The van der Waals surface area contributed by atoms with Crippen molar-refractivity contribution in [3.63, 3.8) is 0 Å². The lowest BCUT2D eigenvalue weighted by atomic mass is 9.98. The largest absolute Gasteiger partial charge is 0.0840 e. The number of benzene rings is 1. The van der Waals surface area contributed by atoms with Crippen LogP contribution in [0.4, 0.5) is 0 Å². The highest BCUT2D eigenvalue weighted by molar-refractivity contribution is 5.26. The van der Waals surface area contributed by atoms with Gasteiger partial charge in [0.25, 0.3) is 0 Å². The van der Waals surface area contributed by atoms with E-state index < -0.39 is 0 Å².